The summed E-state index contributed by atoms with van der Waals surface area (Å²) in [5, 5.41) is 5.53. The molecule has 0 unspecified atom stereocenters. The zero-order valence-corrected chi connectivity index (χ0v) is 15.7. The topological polar surface area (TPSA) is 71.1 Å². The van der Waals surface area contributed by atoms with Gasteiger partial charge in [0.15, 0.2) is 0 Å². The van der Waals surface area contributed by atoms with Crippen molar-refractivity contribution in [1.82, 2.24) is 15.6 Å². The van der Waals surface area contributed by atoms with E-state index in [-0.39, 0.29) is 23.8 Å². The molecule has 0 aliphatic heterocycles. The first-order valence-corrected chi connectivity index (χ1v) is 9.56. The fraction of sp³-hybridized carbons (Fsp3) is 0.318. The van der Waals surface area contributed by atoms with Gasteiger partial charge < -0.3 is 10.6 Å². The first-order chi connectivity index (χ1) is 13.6. The van der Waals surface area contributed by atoms with Crippen LogP contribution in [0.25, 0.3) is 0 Å². The minimum absolute atomic E-state index is 0.0665. The zero-order valence-electron chi connectivity index (χ0n) is 15.7. The minimum Gasteiger partial charge on any atom is -0.352 e. The van der Waals surface area contributed by atoms with Crippen molar-refractivity contribution in [2.45, 2.75) is 38.6 Å². The predicted molar refractivity (Wildman–Crippen MR) is 105 cm³/mol. The molecule has 6 heteroatoms. The number of allylic oxidation sites excluding steroid dienone is 1. The Balaban J connectivity index is 1.53. The molecule has 0 saturated heterocycles. The summed E-state index contributed by atoms with van der Waals surface area (Å²) in [6.07, 6.45) is 10.6. The van der Waals surface area contributed by atoms with Crippen molar-refractivity contribution in [3.8, 4) is 0 Å². The number of hydrogen-bond acceptors (Lipinski definition) is 3. The summed E-state index contributed by atoms with van der Waals surface area (Å²) < 4.78 is 13.6. The molecule has 2 aromatic rings. The van der Waals surface area contributed by atoms with Crippen LogP contribution in [0.2, 0.25) is 0 Å². The van der Waals surface area contributed by atoms with E-state index >= 15 is 0 Å². The Morgan fingerprint density at radius 2 is 1.79 bits per heavy atom. The molecule has 0 spiro atoms. The molecular formula is C22H24FN3O2. The Morgan fingerprint density at radius 1 is 1.04 bits per heavy atom. The molecule has 2 N–H and O–H groups in total. The maximum atomic E-state index is 13.6. The number of amides is 2. The Kier molecular flexibility index (Phi) is 6.89. The fourth-order valence-corrected chi connectivity index (χ4v) is 3.18. The van der Waals surface area contributed by atoms with Crippen LogP contribution in [0, 0.1) is 5.82 Å². The second-order valence-corrected chi connectivity index (χ2v) is 6.85. The molecule has 1 aromatic carbocycles. The van der Waals surface area contributed by atoms with Gasteiger partial charge >= 0.3 is 0 Å². The van der Waals surface area contributed by atoms with Gasteiger partial charge in [0.1, 0.15) is 5.82 Å². The molecule has 146 valence electrons. The van der Waals surface area contributed by atoms with E-state index in [2.05, 4.69) is 21.7 Å². The number of pyridine rings is 1. The molecule has 0 atom stereocenters. The summed E-state index contributed by atoms with van der Waals surface area (Å²) in [5.74, 6) is -1.03. The highest BCUT2D eigenvalue weighted by molar-refractivity contribution is 5.99. The van der Waals surface area contributed by atoms with Crippen LogP contribution >= 0.6 is 0 Å². The molecule has 0 saturated carbocycles. The lowest BCUT2D eigenvalue weighted by molar-refractivity contribution is 0.0950. The largest absolute Gasteiger partial charge is 0.352 e. The van der Waals surface area contributed by atoms with Crippen molar-refractivity contribution in [3.63, 3.8) is 0 Å². The lowest BCUT2D eigenvalue weighted by Gasteiger charge is -2.13. The molecule has 0 fully saturated rings. The van der Waals surface area contributed by atoms with Crippen LogP contribution in [-0.4, -0.2) is 23.3 Å². The van der Waals surface area contributed by atoms with Crippen LogP contribution in [0.3, 0.4) is 0 Å². The van der Waals surface area contributed by atoms with E-state index in [1.54, 1.807) is 18.2 Å². The third-order valence-corrected chi connectivity index (χ3v) is 4.78. The van der Waals surface area contributed by atoms with Crippen molar-refractivity contribution in [2.75, 3.05) is 6.54 Å². The molecule has 1 aliphatic rings. The van der Waals surface area contributed by atoms with E-state index in [0.29, 0.717) is 17.7 Å². The SMILES string of the molecule is O=C(NCCC1=CCCCC1)c1cncc(C(=O)NCc2ccccc2F)c1. The second-order valence-electron chi connectivity index (χ2n) is 6.85. The van der Waals surface area contributed by atoms with Gasteiger partial charge in [0.05, 0.1) is 11.1 Å². The smallest absolute Gasteiger partial charge is 0.253 e. The average Bonchev–Trinajstić information content (AvgIpc) is 2.74. The van der Waals surface area contributed by atoms with Crippen molar-refractivity contribution in [1.29, 1.82) is 0 Å². The van der Waals surface area contributed by atoms with Crippen LogP contribution in [0.1, 0.15) is 58.4 Å². The molecule has 28 heavy (non-hydrogen) atoms. The third-order valence-electron chi connectivity index (χ3n) is 4.78. The molecular weight excluding hydrogens is 357 g/mol. The maximum Gasteiger partial charge on any atom is 0.253 e. The average molecular weight is 381 g/mol. The molecule has 1 heterocycles. The van der Waals surface area contributed by atoms with Gasteiger partial charge in [0, 0.05) is 31.0 Å². The van der Waals surface area contributed by atoms with Gasteiger partial charge in [-0.25, -0.2) is 4.39 Å². The van der Waals surface area contributed by atoms with Gasteiger partial charge in [-0.3, -0.25) is 14.6 Å². The first kappa shape index (κ1) is 19.7. The highest BCUT2D eigenvalue weighted by atomic mass is 19.1. The summed E-state index contributed by atoms with van der Waals surface area (Å²) in [6.45, 7) is 0.630. The molecule has 3 rings (SSSR count). The molecule has 1 aromatic heterocycles. The van der Waals surface area contributed by atoms with E-state index in [0.717, 1.165) is 19.3 Å². The normalized spacial score (nSPS) is 13.5. The lowest BCUT2D eigenvalue weighted by atomic mass is 9.97. The van der Waals surface area contributed by atoms with Crippen LogP contribution < -0.4 is 10.6 Å². The lowest BCUT2D eigenvalue weighted by Crippen LogP contribution is -2.27. The second kappa shape index (κ2) is 9.78. The number of aromatic nitrogens is 1. The Morgan fingerprint density at radius 3 is 2.50 bits per heavy atom. The predicted octanol–water partition coefficient (Wildman–Crippen LogP) is 3.77. The molecule has 0 radical (unpaired) electrons. The van der Waals surface area contributed by atoms with Crippen molar-refractivity contribution in [2.24, 2.45) is 0 Å². The van der Waals surface area contributed by atoms with Gasteiger partial charge in [-0.15, -0.1) is 0 Å². The number of nitrogens with zero attached hydrogens (tertiary/aromatic N) is 1. The van der Waals surface area contributed by atoms with Crippen LogP contribution in [0.5, 0.6) is 0 Å². The fourth-order valence-electron chi connectivity index (χ4n) is 3.18. The quantitative estimate of drug-likeness (QED) is 0.717. The highest BCUT2D eigenvalue weighted by Crippen LogP contribution is 2.19. The highest BCUT2D eigenvalue weighted by Gasteiger charge is 2.12. The van der Waals surface area contributed by atoms with E-state index in [4.69, 9.17) is 0 Å². The van der Waals surface area contributed by atoms with Crippen molar-refractivity contribution >= 4 is 11.8 Å². The first-order valence-electron chi connectivity index (χ1n) is 9.56. The molecule has 5 nitrogen and oxygen atoms in total. The van der Waals surface area contributed by atoms with E-state index < -0.39 is 5.91 Å². The maximum absolute atomic E-state index is 13.6. The number of hydrogen-bond donors (Lipinski definition) is 2. The van der Waals surface area contributed by atoms with E-state index in [1.807, 2.05) is 0 Å². The zero-order chi connectivity index (χ0) is 19.8. The van der Waals surface area contributed by atoms with Gasteiger partial charge in [-0.05, 0) is 44.2 Å². The Hall–Kier alpha value is -3.02. The number of nitrogens with one attached hydrogen (secondary N) is 2. The van der Waals surface area contributed by atoms with Crippen LogP contribution in [0.4, 0.5) is 4.39 Å². The third kappa shape index (κ3) is 5.49. The van der Waals surface area contributed by atoms with E-state index in [1.165, 1.54) is 42.9 Å². The Bertz CT molecular complexity index is 880. The Labute approximate surface area is 164 Å². The summed E-state index contributed by atoms with van der Waals surface area (Å²) in [4.78, 5) is 28.6. The number of carbonyl (C=O) groups excluding carboxylic acids is 2. The van der Waals surface area contributed by atoms with E-state index in [9.17, 15) is 14.0 Å². The van der Waals surface area contributed by atoms with Crippen molar-refractivity contribution < 1.29 is 14.0 Å². The van der Waals surface area contributed by atoms with Gasteiger partial charge in [0.2, 0.25) is 0 Å². The number of carbonyl (C=O) groups is 2. The van der Waals surface area contributed by atoms with Crippen LogP contribution in [0.15, 0.2) is 54.4 Å². The summed E-state index contributed by atoms with van der Waals surface area (Å²) in [5.41, 5.74) is 2.39. The summed E-state index contributed by atoms with van der Waals surface area (Å²) >= 11 is 0. The van der Waals surface area contributed by atoms with Gasteiger partial charge in [-0.1, -0.05) is 29.8 Å². The van der Waals surface area contributed by atoms with Crippen LogP contribution in [-0.2, 0) is 6.54 Å². The minimum atomic E-state index is -0.405. The molecule has 1 aliphatic carbocycles. The molecule has 2 amide bonds. The van der Waals surface area contributed by atoms with Crippen molar-refractivity contribution in [3.05, 3.63) is 76.9 Å². The number of halogens is 1. The summed E-state index contributed by atoms with van der Waals surface area (Å²) in [6, 6.07) is 7.76. The van der Waals surface area contributed by atoms with Gasteiger partial charge in [0.25, 0.3) is 11.8 Å². The number of rotatable bonds is 7. The number of benzene rings is 1. The summed E-state index contributed by atoms with van der Waals surface area (Å²) in [7, 11) is 0. The van der Waals surface area contributed by atoms with Gasteiger partial charge in [-0.2, -0.15) is 0 Å². The standard InChI is InChI=1S/C22H24FN3O2/c23-20-9-5-4-8-17(20)15-26-22(28)19-12-18(13-24-14-19)21(27)25-11-10-16-6-2-1-3-7-16/h4-6,8-9,12-14H,1-3,7,10-11,15H2,(H,25,27)(H,26,28). The monoisotopic (exact) mass is 381 g/mol. The molecule has 0 bridgehead atoms.